The van der Waals surface area contributed by atoms with Crippen LogP contribution in [0.2, 0.25) is 5.15 Å². The predicted molar refractivity (Wildman–Crippen MR) is 96.3 cm³/mol. The first-order chi connectivity index (χ1) is 11.5. The zero-order valence-corrected chi connectivity index (χ0v) is 14.4. The summed E-state index contributed by atoms with van der Waals surface area (Å²) in [4.78, 5) is 17.1. The monoisotopic (exact) mass is 340 g/mol. The summed E-state index contributed by atoms with van der Waals surface area (Å²) in [5.41, 5.74) is 3.66. The van der Waals surface area contributed by atoms with Crippen molar-refractivity contribution < 1.29 is 0 Å². The van der Waals surface area contributed by atoms with Gasteiger partial charge < -0.3 is 10.6 Å². The van der Waals surface area contributed by atoms with E-state index in [0.717, 1.165) is 22.8 Å². The van der Waals surface area contributed by atoms with E-state index in [1.807, 2.05) is 44.2 Å². The molecule has 2 aromatic heterocycles. The van der Waals surface area contributed by atoms with Gasteiger partial charge in [-0.1, -0.05) is 11.6 Å². The fourth-order valence-corrected chi connectivity index (χ4v) is 2.52. The van der Waals surface area contributed by atoms with Gasteiger partial charge in [0.1, 0.15) is 16.8 Å². The lowest BCUT2D eigenvalue weighted by Gasteiger charge is -2.09. The Balaban J connectivity index is 1.73. The van der Waals surface area contributed by atoms with Gasteiger partial charge in [-0.05, 0) is 51.1 Å². The van der Waals surface area contributed by atoms with Crippen LogP contribution in [0.3, 0.4) is 0 Å². The van der Waals surface area contributed by atoms with Crippen molar-refractivity contribution in [2.45, 2.75) is 20.8 Å². The van der Waals surface area contributed by atoms with Crippen LogP contribution in [0, 0.1) is 20.8 Å². The van der Waals surface area contributed by atoms with Crippen LogP contribution >= 0.6 is 11.6 Å². The molecule has 0 saturated heterocycles. The third-order valence-corrected chi connectivity index (χ3v) is 3.40. The van der Waals surface area contributed by atoms with Crippen molar-refractivity contribution in [2.75, 3.05) is 10.6 Å². The van der Waals surface area contributed by atoms with E-state index in [1.54, 1.807) is 13.0 Å². The maximum Gasteiger partial charge on any atom is 0.227 e. The van der Waals surface area contributed by atoms with Crippen LogP contribution in [0.15, 0.2) is 36.4 Å². The van der Waals surface area contributed by atoms with Crippen LogP contribution in [-0.4, -0.2) is 19.9 Å². The van der Waals surface area contributed by atoms with Gasteiger partial charge in [-0.2, -0.15) is 0 Å². The fourth-order valence-electron chi connectivity index (χ4n) is 2.29. The summed E-state index contributed by atoms with van der Waals surface area (Å²) in [5.74, 6) is 1.87. The number of nitrogens with zero attached hydrogens (tertiary/aromatic N) is 4. The Morgan fingerprint density at radius 2 is 1.33 bits per heavy atom. The highest BCUT2D eigenvalue weighted by Gasteiger charge is 2.03. The van der Waals surface area contributed by atoms with Gasteiger partial charge in [0.2, 0.25) is 5.95 Å². The van der Waals surface area contributed by atoms with Crippen molar-refractivity contribution >= 4 is 34.7 Å². The van der Waals surface area contributed by atoms with Crippen LogP contribution in [0.1, 0.15) is 17.2 Å². The number of aromatic nitrogens is 4. The molecule has 7 heteroatoms. The number of benzene rings is 1. The first kappa shape index (κ1) is 16.1. The van der Waals surface area contributed by atoms with Gasteiger partial charge in [-0.25, -0.2) is 19.9 Å². The molecule has 0 bridgehead atoms. The van der Waals surface area contributed by atoms with Crippen LogP contribution < -0.4 is 10.6 Å². The standard InChI is InChI=1S/C17H17ClN6/c1-10-8-11(2)20-17(19-10)24-14-6-4-13(5-7-14)23-16-9-15(18)21-12(3)22-16/h4-9H,1-3H3,(H,19,20,24)(H,21,22,23). The quantitative estimate of drug-likeness (QED) is 0.688. The number of hydrogen-bond acceptors (Lipinski definition) is 6. The third kappa shape index (κ3) is 4.17. The maximum absolute atomic E-state index is 5.94. The molecule has 2 heterocycles. The molecule has 24 heavy (non-hydrogen) atoms. The minimum absolute atomic E-state index is 0.412. The molecule has 0 aliphatic heterocycles. The van der Waals surface area contributed by atoms with E-state index in [1.165, 1.54) is 0 Å². The average Bonchev–Trinajstić information content (AvgIpc) is 2.47. The van der Waals surface area contributed by atoms with E-state index in [4.69, 9.17) is 11.6 Å². The highest BCUT2D eigenvalue weighted by atomic mass is 35.5. The largest absolute Gasteiger partial charge is 0.340 e. The van der Waals surface area contributed by atoms with E-state index < -0.39 is 0 Å². The van der Waals surface area contributed by atoms with Gasteiger partial charge in [-0.15, -0.1) is 0 Å². The van der Waals surface area contributed by atoms with E-state index in [2.05, 4.69) is 30.6 Å². The van der Waals surface area contributed by atoms with Gasteiger partial charge in [0.15, 0.2) is 0 Å². The average molecular weight is 341 g/mol. The topological polar surface area (TPSA) is 75.6 Å². The Hall–Kier alpha value is -2.73. The SMILES string of the molecule is Cc1cc(C)nc(Nc2ccc(Nc3cc(Cl)nc(C)n3)cc2)n1. The number of aryl methyl sites for hydroxylation is 3. The minimum Gasteiger partial charge on any atom is -0.340 e. The molecule has 0 saturated carbocycles. The number of halogens is 1. The molecule has 0 aliphatic carbocycles. The Morgan fingerprint density at radius 1 is 0.750 bits per heavy atom. The molecule has 0 amide bonds. The molecule has 2 N–H and O–H groups in total. The minimum atomic E-state index is 0.412. The lowest BCUT2D eigenvalue weighted by molar-refractivity contribution is 1.06. The van der Waals surface area contributed by atoms with Crippen LogP contribution in [0.5, 0.6) is 0 Å². The molecule has 0 spiro atoms. The molecule has 0 atom stereocenters. The third-order valence-electron chi connectivity index (χ3n) is 3.20. The summed E-state index contributed by atoms with van der Waals surface area (Å²) in [6.07, 6.45) is 0. The summed E-state index contributed by atoms with van der Waals surface area (Å²) in [6.45, 7) is 5.69. The molecule has 0 radical (unpaired) electrons. The van der Waals surface area contributed by atoms with Gasteiger partial charge in [0.05, 0.1) is 0 Å². The second-order valence-corrected chi connectivity index (χ2v) is 5.81. The molecule has 122 valence electrons. The summed E-state index contributed by atoms with van der Waals surface area (Å²) in [5, 5.41) is 6.81. The van der Waals surface area contributed by atoms with Gasteiger partial charge in [-0.3, -0.25) is 0 Å². The Kier molecular flexibility index (Phi) is 4.57. The first-order valence-corrected chi connectivity index (χ1v) is 7.83. The van der Waals surface area contributed by atoms with E-state index in [0.29, 0.717) is 22.7 Å². The zero-order valence-electron chi connectivity index (χ0n) is 13.6. The molecular weight excluding hydrogens is 324 g/mol. The van der Waals surface area contributed by atoms with E-state index in [9.17, 15) is 0 Å². The van der Waals surface area contributed by atoms with Crippen molar-refractivity contribution in [1.82, 2.24) is 19.9 Å². The lowest BCUT2D eigenvalue weighted by atomic mass is 10.2. The maximum atomic E-state index is 5.94. The molecule has 0 aliphatic rings. The molecule has 6 nitrogen and oxygen atoms in total. The highest BCUT2D eigenvalue weighted by Crippen LogP contribution is 2.21. The second kappa shape index (κ2) is 6.80. The first-order valence-electron chi connectivity index (χ1n) is 7.45. The second-order valence-electron chi connectivity index (χ2n) is 5.42. The lowest BCUT2D eigenvalue weighted by Crippen LogP contribution is -2.00. The van der Waals surface area contributed by atoms with Crippen molar-refractivity contribution in [3.8, 4) is 0 Å². The number of anilines is 4. The molecule has 3 rings (SSSR count). The van der Waals surface area contributed by atoms with Crippen molar-refractivity contribution in [2.24, 2.45) is 0 Å². The summed E-state index contributed by atoms with van der Waals surface area (Å²) >= 11 is 5.94. The summed E-state index contributed by atoms with van der Waals surface area (Å²) in [6, 6.07) is 11.4. The van der Waals surface area contributed by atoms with Crippen LogP contribution in [-0.2, 0) is 0 Å². The fraction of sp³-hybridized carbons (Fsp3) is 0.176. The van der Waals surface area contributed by atoms with Crippen molar-refractivity contribution in [3.63, 3.8) is 0 Å². The predicted octanol–water partition coefficient (Wildman–Crippen LogP) is 4.33. The van der Waals surface area contributed by atoms with Crippen molar-refractivity contribution in [1.29, 1.82) is 0 Å². The van der Waals surface area contributed by atoms with Crippen LogP contribution in [0.25, 0.3) is 0 Å². The van der Waals surface area contributed by atoms with E-state index >= 15 is 0 Å². The Bertz CT molecular complexity index is 750. The van der Waals surface area contributed by atoms with E-state index in [-0.39, 0.29) is 0 Å². The van der Waals surface area contributed by atoms with Crippen molar-refractivity contribution in [3.05, 3.63) is 58.8 Å². The molecule has 3 aromatic rings. The van der Waals surface area contributed by atoms with Crippen LogP contribution in [0.4, 0.5) is 23.1 Å². The normalized spacial score (nSPS) is 10.5. The van der Waals surface area contributed by atoms with Gasteiger partial charge in [0.25, 0.3) is 0 Å². The number of nitrogens with one attached hydrogen (secondary N) is 2. The molecular formula is C17H17ClN6. The summed E-state index contributed by atoms with van der Waals surface area (Å²) < 4.78 is 0. The van der Waals surface area contributed by atoms with Gasteiger partial charge >= 0.3 is 0 Å². The Labute approximate surface area is 145 Å². The molecule has 0 unspecified atom stereocenters. The zero-order chi connectivity index (χ0) is 17.1. The molecule has 0 fully saturated rings. The summed E-state index contributed by atoms with van der Waals surface area (Å²) in [7, 11) is 0. The smallest absolute Gasteiger partial charge is 0.227 e. The number of rotatable bonds is 4. The van der Waals surface area contributed by atoms with Gasteiger partial charge in [0, 0.05) is 28.8 Å². The molecule has 1 aromatic carbocycles. The number of hydrogen-bond donors (Lipinski definition) is 2. The highest BCUT2D eigenvalue weighted by molar-refractivity contribution is 6.29. The Morgan fingerprint density at radius 3 is 1.92 bits per heavy atom.